The summed E-state index contributed by atoms with van der Waals surface area (Å²) in [4.78, 5) is 33.5. The number of esters is 3. The van der Waals surface area contributed by atoms with Gasteiger partial charge in [-0.15, -0.1) is 0 Å². The van der Waals surface area contributed by atoms with Crippen LogP contribution in [-0.4, -0.2) is 47.9 Å². The zero-order valence-corrected chi connectivity index (χ0v) is 12.4. The quantitative estimate of drug-likeness (QED) is 0.432. The first-order valence-electron chi connectivity index (χ1n) is 6.03. The van der Waals surface area contributed by atoms with Gasteiger partial charge in [0.2, 0.25) is 0 Å². The highest BCUT2D eigenvalue weighted by atomic mass is 35.5. The Kier molecular flexibility index (Phi) is 5.76. The van der Waals surface area contributed by atoms with Crippen molar-refractivity contribution in [1.82, 2.24) is 0 Å². The molecule has 1 aliphatic rings. The van der Waals surface area contributed by atoms with E-state index >= 15 is 0 Å². The molecule has 1 rings (SSSR count). The van der Waals surface area contributed by atoms with Gasteiger partial charge in [-0.05, 0) is 6.92 Å². The van der Waals surface area contributed by atoms with Crippen LogP contribution in [0.4, 0.5) is 0 Å². The summed E-state index contributed by atoms with van der Waals surface area (Å²) in [6.45, 7) is 5.21. The van der Waals surface area contributed by atoms with E-state index in [1.54, 1.807) is 6.92 Å². The summed E-state index contributed by atoms with van der Waals surface area (Å²) < 4.78 is 20.5. The number of carbonyl (C=O) groups is 3. The number of carbonyl (C=O) groups excluding carboxylic acids is 3. The van der Waals surface area contributed by atoms with Gasteiger partial charge in [-0.1, -0.05) is 11.6 Å². The molecule has 0 amide bonds. The fourth-order valence-corrected chi connectivity index (χ4v) is 2.31. The molecule has 1 fully saturated rings. The maximum atomic E-state index is 11.2. The van der Waals surface area contributed by atoms with E-state index < -0.39 is 47.9 Å². The fourth-order valence-electron chi connectivity index (χ4n) is 1.96. The van der Waals surface area contributed by atoms with Crippen molar-refractivity contribution >= 4 is 29.5 Å². The molecule has 0 aromatic rings. The number of hydrogen-bond donors (Lipinski definition) is 0. The third-order valence-electron chi connectivity index (χ3n) is 2.62. The second-order valence-electron chi connectivity index (χ2n) is 4.41. The first-order valence-corrected chi connectivity index (χ1v) is 6.47. The van der Waals surface area contributed by atoms with Gasteiger partial charge in [0, 0.05) is 20.8 Å². The van der Waals surface area contributed by atoms with Gasteiger partial charge in [-0.25, -0.2) is 0 Å². The lowest BCUT2D eigenvalue weighted by molar-refractivity contribution is -0.230. The highest BCUT2D eigenvalue weighted by Gasteiger charge is 2.49. The number of rotatable bonds is 3. The summed E-state index contributed by atoms with van der Waals surface area (Å²) in [6.07, 6.45) is -3.60. The van der Waals surface area contributed by atoms with Gasteiger partial charge in [0.25, 0.3) is 0 Å². The summed E-state index contributed by atoms with van der Waals surface area (Å²) >= 11 is 5.97. The summed E-state index contributed by atoms with van der Waals surface area (Å²) in [5.74, 6) is -1.79. The van der Waals surface area contributed by atoms with Crippen molar-refractivity contribution in [1.29, 1.82) is 0 Å². The van der Waals surface area contributed by atoms with Crippen LogP contribution in [0.3, 0.4) is 0 Å². The summed E-state index contributed by atoms with van der Waals surface area (Å²) in [5, 5.41) is 0. The molecule has 1 aliphatic heterocycles. The third kappa shape index (κ3) is 4.35. The SMILES string of the molecule is CC(=O)OC1[C@H](Cl)OC(C)[C@H](OC(C)=O)[C@H]1OC(C)=O. The van der Waals surface area contributed by atoms with Crippen LogP contribution < -0.4 is 0 Å². The third-order valence-corrected chi connectivity index (χ3v) is 2.97. The number of alkyl halides is 1. The van der Waals surface area contributed by atoms with E-state index in [-0.39, 0.29) is 0 Å². The highest BCUT2D eigenvalue weighted by Crippen LogP contribution is 2.30. The van der Waals surface area contributed by atoms with Crippen LogP contribution >= 0.6 is 11.6 Å². The summed E-state index contributed by atoms with van der Waals surface area (Å²) in [5.41, 5.74) is -1.01. The maximum Gasteiger partial charge on any atom is 0.303 e. The van der Waals surface area contributed by atoms with E-state index in [4.69, 9.17) is 30.5 Å². The molecule has 2 unspecified atom stereocenters. The normalized spacial score (nSPS) is 33.1. The molecule has 0 spiro atoms. The Hall–Kier alpha value is -1.34. The van der Waals surface area contributed by atoms with E-state index in [1.807, 2.05) is 0 Å². The Morgan fingerprint density at radius 1 is 0.850 bits per heavy atom. The molecule has 0 radical (unpaired) electrons. The smallest absolute Gasteiger partial charge is 0.303 e. The summed E-state index contributed by atoms with van der Waals surface area (Å²) in [6, 6.07) is 0. The minimum atomic E-state index is -1.06. The van der Waals surface area contributed by atoms with Gasteiger partial charge in [0.05, 0.1) is 6.10 Å². The van der Waals surface area contributed by atoms with Gasteiger partial charge < -0.3 is 18.9 Å². The second kappa shape index (κ2) is 6.90. The van der Waals surface area contributed by atoms with E-state index in [2.05, 4.69) is 0 Å². The Labute approximate surface area is 121 Å². The average molecular weight is 309 g/mol. The lowest BCUT2D eigenvalue weighted by atomic mass is 10.00. The van der Waals surface area contributed by atoms with Crippen LogP contribution in [-0.2, 0) is 33.3 Å². The first-order chi connectivity index (χ1) is 9.22. The molecule has 0 N–H and O–H groups in total. The largest absolute Gasteiger partial charge is 0.456 e. The van der Waals surface area contributed by atoms with Crippen molar-refractivity contribution in [3.63, 3.8) is 0 Å². The van der Waals surface area contributed by atoms with Crippen LogP contribution in [0.1, 0.15) is 27.7 Å². The molecule has 8 heteroatoms. The average Bonchev–Trinajstić information content (AvgIpc) is 2.27. The van der Waals surface area contributed by atoms with Crippen LogP contribution in [0.25, 0.3) is 0 Å². The summed E-state index contributed by atoms with van der Waals surface area (Å²) in [7, 11) is 0. The van der Waals surface area contributed by atoms with Crippen molar-refractivity contribution in [2.45, 2.75) is 57.7 Å². The fraction of sp³-hybridized carbons (Fsp3) is 0.750. The Balaban J connectivity index is 3.01. The number of hydrogen-bond acceptors (Lipinski definition) is 7. The maximum absolute atomic E-state index is 11.2. The minimum Gasteiger partial charge on any atom is -0.456 e. The van der Waals surface area contributed by atoms with Crippen molar-refractivity contribution < 1.29 is 33.3 Å². The van der Waals surface area contributed by atoms with Crippen molar-refractivity contribution in [3.8, 4) is 0 Å². The molecule has 1 heterocycles. The number of ether oxygens (including phenoxy) is 4. The molecule has 0 bridgehead atoms. The highest BCUT2D eigenvalue weighted by molar-refractivity contribution is 6.20. The lowest BCUT2D eigenvalue weighted by Gasteiger charge is -2.41. The number of halogens is 1. The van der Waals surface area contributed by atoms with Gasteiger partial charge in [0.15, 0.2) is 23.9 Å². The topological polar surface area (TPSA) is 88.1 Å². The minimum absolute atomic E-state index is 0.572. The molecule has 5 atom stereocenters. The van der Waals surface area contributed by atoms with Gasteiger partial charge in [0.1, 0.15) is 0 Å². The Morgan fingerprint density at radius 2 is 1.25 bits per heavy atom. The molecule has 0 aromatic carbocycles. The van der Waals surface area contributed by atoms with Gasteiger partial charge in [-0.2, -0.15) is 0 Å². The lowest BCUT2D eigenvalue weighted by Crippen LogP contribution is -2.59. The van der Waals surface area contributed by atoms with Crippen LogP contribution in [0.5, 0.6) is 0 Å². The zero-order valence-electron chi connectivity index (χ0n) is 11.6. The molecule has 1 saturated heterocycles. The molecular weight excluding hydrogens is 292 g/mol. The van der Waals surface area contributed by atoms with Crippen molar-refractivity contribution in [3.05, 3.63) is 0 Å². The van der Waals surface area contributed by atoms with E-state index in [0.717, 1.165) is 0 Å². The van der Waals surface area contributed by atoms with Crippen molar-refractivity contribution in [2.24, 2.45) is 0 Å². The standard InChI is InChI=1S/C12H17ClO7/c1-5-9(18-6(2)14)10(19-7(3)15)11(12(13)17-5)20-8(4)16/h5,9-12H,1-4H3/t5?,9-,10+,11?,12+/m0/s1. The molecule has 0 saturated carbocycles. The molecular formula is C12H17ClO7. The molecule has 0 aromatic heterocycles. The molecule has 20 heavy (non-hydrogen) atoms. The first kappa shape index (κ1) is 16.7. The van der Waals surface area contributed by atoms with E-state index in [1.165, 1.54) is 20.8 Å². The Bertz CT molecular complexity index is 369. The van der Waals surface area contributed by atoms with E-state index in [9.17, 15) is 14.4 Å². The van der Waals surface area contributed by atoms with Gasteiger partial charge >= 0.3 is 17.9 Å². The van der Waals surface area contributed by atoms with Crippen LogP contribution in [0.15, 0.2) is 0 Å². The zero-order chi connectivity index (χ0) is 15.4. The van der Waals surface area contributed by atoms with Crippen LogP contribution in [0, 0.1) is 0 Å². The monoisotopic (exact) mass is 308 g/mol. The molecule has 114 valence electrons. The second-order valence-corrected chi connectivity index (χ2v) is 4.84. The van der Waals surface area contributed by atoms with Crippen molar-refractivity contribution in [2.75, 3.05) is 0 Å². The molecule has 7 nitrogen and oxygen atoms in total. The Morgan fingerprint density at radius 3 is 1.70 bits per heavy atom. The van der Waals surface area contributed by atoms with Gasteiger partial charge in [-0.3, -0.25) is 14.4 Å². The van der Waals surface area contributed by atoms with Crippen LogP contribution in [0.2, 0.25) is 0 Å². The molecule has 0 aliphatic carbocycles. The van der Waals surface area contributed by atoms with E-state index in [0.29, 0.717) is 0 Å². The predicted octanol–water partition coefficient (Wildman–Crippen LogP) is 0.765. The predicted molar refractivity (Wildman–Crippen MR) is 66.9 cm³/mol.